The maximum Gasteiger partial charge on any atom is 0.414 e. The number of rotatable bonds is 2. The number of hydrogen-bond acceptors (Lipinski definition) is 4. The molecule has 1 atom stereocenters. The number of esters is 1. The molecule has 84 valence electrons. The van der Waals surface area contributed by atoms with E-state index in [0.29, 0.717) is 17.7 Å². The highest BCUT2D eigenvalue weighted by Gasteiger charge is 2.38. The van der Waals surface area contributed by atoms with Crippen LogP contribution in [0.4, 0.5) is 4.79 Å². The Bertz CT molecular complexity index is 288. The number of hydrogen-bond donors (Lipinski definition) is 1. The number of imide groups is 1. The summed E-state index contributed by atoms with van der Waals surface area (Å²) in [6, 6.07) is -0.969. The van der Waals surface area contributed by atoms with Crippen molar-refractivity contribution in [1.29, 1.82) is 0 Å². The number of nitrogens with zero attached hydrogens (tertiary/aromatic N) is 1. The van der Waals surface area contributed by atoms with Crippen molar-refractivity contribution in [3.05, 3.63) is 0 Å². The van der Waals surface area contributed by atoms with E-state index in [-0.39, 0.29) is 13.0 Å². The Morgan fingerprint density at radius 2 is 2.27 bits per heavy atom. The van der Waals surface area contributed by atoms with E-state index in [2.05, 4.69) is 0 Å². The summed E-state index contributed by atoms with van der Waals surface area (Å²) in [6.07, 6.45) is -0.358. The first-order chi connectivity index (χ1) is 7.07. The molecule has 1 aliphatic heterocycles. The van der Waals surface area contributed by atoms with Crippen LogP contribution >= 0.6 is 0 Å². The zero-order valence-corrected chi connectivity index (χ0v) is 8.43. The molecule has 0 aromatic carbocycles. The lowest BCUT2D eigenvalue weighted by Gasteiger charge is -2.29. The second-order valence-electron chi connectivity index (χ2n) is 3.21. The summed E-state index contributed by atoms with van der Waals surface area (Å²) >= 11 is 0. The van der Waals surface area contributed by atoms with Crippen molar-refractivity contribution in [1.82, 2.24) is 4.90 Å². The van der Waals surface area contributed by atoms with Crippen LogP contribution in [0.15, 0.2) is 0 Å². The number of likely N-dealkylation sites (tertiary alicyclic amines) is 1. The van der Waals surface area contributed by atoms with Gasteiger partial charge in [0.05, 0.1) is 6.61 Å². The Hall–Kier alpha value is -1.59. The number of carbonyl (C=O) groups is 3. The minimum absolute atomic E-state index is 0.169. The maximum atomic E-state index is 11.4. The second-order valence-corrected chi connectivity index (χ2v) is 3.21. The van der Waals surface area contributed by atoms with Crippen molar-refractivity contribution >= 4 is 18.0 Å². The first-order valence-corrected chi connectivity index (χ1v) is 4.79. The zero-order valence-electron chi connectivity index (χ0n) is 8.43. The third-order valence-corrected chi connectivity index (χ3v) is 2.21. The van der Waals surface area contributed by atoms with Gasteiger partial charge < -0.3 is 9.84 Å². The lowest BCUT2D eigenvalue weighted by molar-refractivity contribution is -0.155. The van der Waals surface area contributed by atoms with Gasteiger partial charge in [-0.15, -0.1) is 0 Å². The molecule has 0 aromatic rings. The molecule has 1 heterocycles. The summed E-state index contributed by atoms with van der Waals surface area (Å²) in [5.74, 6) is -1.18. The van der Waals surface area contributed by atoms with Gasteiger partial charge in [-0.1, -0.05) is 0 Å². The van der Waals surface area contributed by atoms with E-state index in [9.17, 15) is 14.4 Å². The van der Waals surface area contributed by atoms with Crippen LogP contribution in [-0.4, -0.2) is 40.6 Å². The van der Waals surface area contributed by atoms with Crippen LogP contribution in [0.5, 0.6) is 0 Å². The Balaban J connectivity index is 2.79. The predicted molar refractivity (Wildman–Crippen MR) is 49.1 cm³/mol. The summed E-state index contributed by atoms with van der Waals surface area (Å²) in [7, 11) is 0. The Kier molecular flexibility index (Phi) is 3.65. The van der Waals surface area contributed by atoms with Gasteiger partial charge in [-0.2, -0.15) is 0 Å². The standard InChI is InChI=1S/C9H13NO5/c1-2-15-8(12)6-4-3-5-7(11)10(6)9(13)14/h6H,2-5H2,1H3,(H,13,14). The van der Waals surface area contributed by atoms with Crippen LogP contribution < -0.4 is 0 Å². The fourth-order valence-electron chi connectivity index (χ4n) is 1.57. The summed E-state index contributed by atoms with van der Waals surface area (Å²) in [5, 5.41) is 8.79. The Labute approximate surface area is 86.8 Å². The Morgan fingerprint density at radius 1 is 1.60 bits per heavy atom. The molecule has 0 bridgehead atoms. The summed E-state index contributed by atoms with van der Waals surface area (Å²) in [6.45, 7) is 1.81. The topological polar surface area (TPSA) is 83.9 Å². The SMILES string of the molecule is CCOC(=O)C1CCCC(=O)N1C(=O)O. The fourth-order valence-corrected chi connectivity index (χ4v) is 1.57. The zero-order chi connectivity index (χ0) is 11.4. The summed E-state index contributed by atoms with van der Waals surface area (Å²) < 4.78 is 4.71. The van der Waals surface area contributed by atoms with E-state index < -0.39 is 24.0 Å². The normalized spacial score (nSPS) is 21.3. The molecule has 1 fully saturated rings. The van der Waals surface area contributed by atoms with Crippen LogP contribution in [0.25, 0.3) is 0 Å². The van der Waals surface area contributed by atoms with Gasteiger partial charge in [0, 0.05) is 6.42 Å². The molecule has 0 spiro atoms. The van der Waals surface area contributed by atoms with Crippen LogP contribution in [0, 0.1) is 0 Å². The van der Waals surface area contributed by atoms with Crippen molar-refractivity contribution in [3.63, 3.8) is 0 Å². The highest BCUT2D eigenvalue weighted by molar-refractivity contribution is 5.97. The number of carbonyl (C=O) groups excluding carboxylic acids is 2. The lowest BCUT2D eigenvalue weighted by Crippen LogP contribution is -2.51. The van der Waals surface area contributed by atoms with E-state index in [0.717, 1.165) is 0 Å². The average molecular weight is 215 g/mol. The number of carboxylic acid groups (broad SMARTS) is 1. The first-order valence-electron chi connectivity index (χ1n) is 4.79. The molecule has 0 radical (unpaired) electrons. The van der Waals surface area contributed by atoms with Crippen molar-refractivity contribution in [2.45, 2.75) is 32.2 Å². The second kappa shape index (κ2) is 4.77. The monoisotopic (exact) mass is 215 g/mol. The van der Waals surface area contributed by atoms with Crippen molar-refractivity contribution in [3.8, 4) is 0 Å². The van der Waals surface area contributed by atoms with Gasteiger partial charge in [-0.05, 0) is 19.8 Å². The van der Waals surface area contributed by atoms with Gasteiger partial charge in [0.2, 0.25) is 5.91 Å². The van der Waals surface area contributed by atoms with E-state index in [1.165, 1.54) is 0 Å². The molecule has 15 heavy (non-hydrogen) atoms. The number of amides is 2. The molecule has 6 nitrogen and oxygen atoms in total. The van der Waals surface area contributed by atoms with Crippen LogP contribution in [-0.2, 0) is 14.3 Å². The molecule has 1 N–H and O–H groups in total. The maximum absolute atomic E-state index is 11.4. The minimum atomic E-state index is -1.39. The summed E-state index contributed by atoms with van der Waals surface area (Å²) in [4.78, 5) is 34.0. The van der Waals surface area contributed by atoms with Gasteiger partial charge >= 0.3 is 12.1 Å². The van der Waals surface area contributed by atoms with Crippen molar-refractivity contribution < 1.29 is 24.2 Å². The number of piperidine rings is 1. The van der Waals surface area contributed by atoms with Gasteiger partial charge in [0.1, 0.15) is 6.04 Å². The average Bonchev–Trinajstić information content (AvgIpc) is 2.17. The Morgan fingerprint density at radius 3 is 2.80 bits per heavy atom. The highest BCUT2D eigenvalue weighted by Crippen LogP contribution is 2.19. The van der Waals surface area contributed by atoms with Gasteiger partial charge in [0.15, 0.2) is 0 Å². The van der Waals surface area contributed by atoms with Crippen LogP contribution in [0.1, 0.15) is 26.2 Å². The first kappa shape index (κ1) is 11.5. The smallest absolute Gasteiger partial charge is 0.414 e. The van der Waals surface area contributed by atoms with Crippen LogP contribution in [0.2, 0.25) is 0 Å². The molecule has 1 rings (SSSR count). The highest BCUT2D eigenvalue weighted by atomic mass is 16.5. The van der Waals surface area contributed by atoms with Gasteiger partial charge in [-0.3, -0.25) is 4.79 Å². The third kappa shape index (κ3) is 2.45. The van der Waals surface area contributed by atoms with Gasteiger partial charge in [-0.25, -0.2) is 14.5 Å². The predicted octanol–water partition coefficient (Wildman–Crippen LogP) is 0.609. The summed E-state index contributed by atoms with van der Waals surface area (Å²) in [5.41, 5.74) is 0. The molecule has 0 aromatic heterocycles. The molecule has 6 heteroatoms. The minimum Gasteiger partial charge on any atom is -0.465 e. The van der Waals surface area contributed by atoms with Crippen LogP contribution in [0.3, 0.4) is 0 Å². The van der Waals surface area contributed by atoms with E-state index in [4.69, 9.17) is 9.84 Å². The van der Waals surface area contributed by atoms with E-state index in [1.54, 1.807) is 6.92 Å². The molecule has 2 amide bonds. The molecule has 0 saturated carbocycles. The molecular weight excluding hydrogens is 202 g/mol. The molecule has 1 aliphatic rings. The number of ether oxygens (including phenoxy) is 1. The molecule has 1 saturated heterocycles. The van der Waals surface area contributed by atoms with Gasteiger partial charge in [0.25, 0.3) is 0 Å². The van der Waals surface area contributed by atoms with Crippen molar-refractivity contribution in [2.24, 2.45) is 0 Å². The quantitative estimate of drug-likeness (QED) is 0.682. The lowest BCUT2D eigenvalue weighted by atomic mass is 10.0. The third-order valence-electron chi connectivity index (χ3n) is 2.21. The largest absolute Gasteiger partial charge is 0.465 e. The molecular formula is C9H13NO5. The van der Waals surface area contributed by atoms with E-state index >= 15 is 0 Å². The molecule has 1 unspecified atom stereocenters. The van der Waals surface area contributed by atoms with Crippen molar-refractivity contribution in [2.75, 3.05) is 6.61 Å². The fraction of sp³-hybridized carbons (Fsp3) is 0.667. The van der Waals surface area contributed by atoms with E-state index in [1.807, 2.05) is 0 Å². The molecule has 0 aliphatic carbocycles.